The number of aromatic amines is 1. The van der Waals surface area contributed by atoms with Crippen LogP contribution in [0.15, 0.2) is 40.2 Å². The molecule has 3 aromatic rings. The minimum atomic E-state index is -0.188. The molecule has 1 unspecified atom stereocenters. The monoisotopic (exact) mass is 343 g/mol. The van der Waals surface area contributed by atoms with E-state index in [0.29, 0.717) is 22.2 Å². The largest absolute Gasteiger partial charge is 0.349 e. The lowest BCUT2D eigenvalue weighted by Crippen LogP contribution is -2.15. The van der Waals surface area contributed by atoms with Crippen LogP contribution < -0.4 is 10.9 Å². The number of fused-ring (bicyclic) bond motifs is 1. The highest BCUT2D eigenvalue weighted by atomic mass is 32.2. The Morgan fingerprint density at radius 2 is 1.92 bits per heavy atom. The van der Waals surface area contributed by atoms with E-state index in [-0.39, 0.29) is 11.6 Å². The molecule has 0 radical (unpaired) electrons. The number of nitrogens with one attached hydrogen (secondary N) is 2. The van der Waals surface area contributed by atoms with Gasteiger partial charge in [0.15, 0.2) is 5.65 Å². The summed E-state index contributed by atoms with van der Waals surface area (Å²) in [4.78, 5) is 20.6. The van der Waals surface area contributed by atoms with Crippen molar-refractivity contribution in [2.75, 3.05) is 5.32 Å². The number of thioether (sulfide) groups is 1. The zero-order chi connectivity index (χ0) is 17.3. The maximum Gasteiger partial charge on any atom is 0.263 e. The first kappa shape index (κ1) is 16.6. The number of aromatic nitrogens is 4. The third kappa shape index (κ3) is 3.46. The highest BCUT2D eigenvalue weighted by molar-refractivity contribution is 7.99. The molecular weight excluding hydrogens is 322 g/mol. The average molecular weight is 343 g/mol. The van der Waals surface area contributed by atoms with Crippen LogP contribution in [0, 0.1) is 0 Å². The Balaban J connectivity index is 1.80. The molecule has 126 valence electrons. The highest BCUT2D eigenvalue weighted by Gasteiger charge is 2.11. The first-order valence-electron chi connectivity index (χ1n) is 7.89. The summed E-state index contributed by atoms with van der Waals surface area (Å²) in [5.41, 5.74) is 1.51. The van der Waals surface area contributed by atoms with Gasteiger partial charge in [-0.15, -0.1) is 11.8 Å². The number of aryl methyl sites for hydroxylation is 1. The molecule has 0 amide bonds. The van der Waals surface area contributed by atoms with Gasteiger partial charge in [0.25, 0.3) is 5.56 Å². The number of benzene rings is 1. The van der Waals surface area contributed by atoms with E-state index in [2.05, 4.69) is 58.5 Å². The van der Waals surface area contributed by atoms with Crippen molar-refractivity contribution in [2.45, 2.75) is 37.0 Å². The summed E-state index contributed by atoms with van der Waals surface area (Å²) in [5, 5.41) is 8.38. The number of H-pyrrole nitrogens is 1. The molecule has 7 heteroatoms. The molecule has 0 bridgehead atoms. The number of hydrogen-bond acceptors (Lipinski definition) is 5. The molecule has 0 aliphatic carbocycles. The molecule has 6 nitrogen and oxygen atoms in total. The van der Waals surface area contributed by atoms with E-state index in [4.69, 9.17) is 0 Å². The third-order valence-corrected chi connectivity index (χ3v) is 4.72. The Bertz CT molecular complexity index is 897. The fourth-order valence-corrected chi connectivity index (χ4v) is 3.33. The van der Waals surface area contributed by atoms with Crippen LogP contribution in [0.4, 0.5) is 5.95 Å². The molecule has 0 fully saturated rings. The van der Waals surface area contributed by atoms with Crippen molar-refractivity contribution in [3.63, 3.8) is 0 Å². The van der Waals surface area contributed by atoms with Crippen LogP contribution in [-0.4, -0.2) is 25.0 Å². The predicted molar refractivity (Wildman–Crippen MR) is 98.6 cm³/mol. The minimum Gasteiger partial charge on any atom is -0.349 e. The quantitative estimate of drug-likeness (QED) is 0.695. The van der Waals surface area contributed by atoms with Gasteiger partial charge in [-0.05, 0) is 24.6 Å². The van der Waals surface area contributed by atoms with Gasteiger partial charge in [-0.3, -0.25) is 14.5 Å². The fourth-order valence-electron chi connectivity index (χ4n) is 2.50. The summed E-state index contributed by atoms with van der Waals surface area (Å²) in [6.07, 6.45) is 1.53. The molecule has 0 aliphatic heterocycles. The molecule has 2 aromatic heterocycles. The standard InChI is InChI=1S/C17H21N5OS/c1-10(2)24-13-7-5-12(6-8-13)11(3)19-17-20-15-14(16(23)21-17)9-18-22(15)4/h5-11H,1-4H3,(H2,19,20,21,23). The van der Waals surface area contributed by atoms with Crippen LogP contribution in [0.5, 0.6) is 0 Å². The number of anilines is 1. The van der Waals surface area contributed by atoms with Gasteiger partial charge in [0.05, 0.1) is 12.2 Å². The topological polar surface area (TPSA) is 75.6 Å². The Kier molecular flexibility index (Phi) is 4.62. The van der Waals surface area contributed by atoms with Crippen LogP contribution in [0.2, 0.25) is 0 Å². The number of hydrogen-bond donors (Lipinski definition) is 2. The normalized spacial score (nSPS) is 12.7. The van der Waals surface area contributed by atoms with E-state index in [1.807, 2.05) is 18.7 Å². The van der Waals surface area contributed by atoms with E-state index < -0.39 is 0 Å². The van der Waals surface area contributed by atoms with Crippen LogP contribution in [0.3, 0.4) is 0 Å². The lowest BCUT2D eigenvalue weighted by atomic mass is 10.1. The zero-order valence-corrected chi connectivity index (χ0v) is 15.0. The van der Waals surface area contributed by atoms with E-state index >= 15 is 0 Å². The molecule has 3 rings (SSSR count). The molecule has 0 saturated carbocycles. The smallest absolute Gasteiger partial charge is 0.263 e. The van der Waals surface area contributed by atoms with Crippen LogP contribution >= 0.6 is 11.8 Å². The first-order valence-corrected chi connectivity index (χ1v) is 8.77. The third-order valence-electron chi connectivity index (χ3n) is 3.71. The van der Waals surface area contributed by atoms with Crippen molar-refractivity contribution >= 4 is 28.7 Å². The molecule has 1 atom stereocenters. The van der Waals surface area contributed by atoms with Gasteiger partial charge in [0.1, 0.15) is 5.39 Å². The van der Waals surface area contributed by atoms with E-state index in [9.17, 15) is 4.79 Å². The highest BCUT2D eigenvalue weighted by Crippen LogP contribution is 2.25. The summed E-state index contributed by atoms with van der Waals surface area (Å²) in [6.45, 7) is 6.40. The lowest BCUT2D eigenvalue weighted by molar-refractivity contribution is 0.782. The summed E-state index contributed by atoms with van der Waals surface area (Å²) in [7, 11) is 1.77. The molecular formula is C17H21N5OS. The summed E-state index contributed by atoms with van der Waals surface area (Å²) in [6, 6.07) is 8.47. The molecule has 2 N–H and O–H groups in total. The number of nitrogens with zero attached hydrogens (tertiary/aromatic N) is 3. The summed E-state index contributed by atoms with van der Waals surface area (Å²) < 4.78 is 1.60. The SMILES string of the molecule is CC(C)Sc1ccc(C(C)Nc2nc3c(cnn3C)c(=O)[nH]2)cc1. The average Bonchev–Trinajstić information content (AvgIpc) is 2.89. The van der Waals surface area contributed by atoms with Gasteiger partial charge in [0, 0.05) is 17.2 Å². The summed E-state index contributed by atoms with van der Waals surface area (Å²) >= 11 is 1.84. The minimum absolute atomic E-state index is 0.0249. The maximum atomic E-state index is 12.1. The van der Waals surface area contributed by atoms with Crippen LogP contribution in [0.1, 0.15) is 32.4 Å². The van der Waals surface area contributed by atoms with E-state index in [0.717, 1.165) is 5.56 Å². The molecule has 2 heterocycles. The molecule has 1 aromatic carbocycles. The van der Waals surface area contributed by atoms with Crippen molar-refractivity contribution in [3.05, 3.63) is 46.4 Å². The van der Waals surface area contributed by atoms with Crippen molar-refractivity contribution in [3.8, 4) is 0 Å². The first-order chi connectivity index (χ1) is 11.4. The lowest BCUT2D eigenvalue weighted by Gasteiger charge is -2.15. The number of rotatable bonds is 5. The van der Waals surface area contributed by atoms with Crippen molar-refractivity contribution in [1.29, 1.82) is 0 Å². The van der Waals surface area contributed by atoms with E-state index in [1.54, 1.807) is 11.7 Å². The zero-order valence-electron chi connectivity index (χ0n) is 14.2. The van der Waals surface area contributed by atoms with Gasteiger partial charge in [0.2, 0.25) is 5.95 Å². The van der Waals surface area contributed by atoms with Crippen molar-refractivity contribution in [2.24, 2.45) is 7.05 Å². The maximum absolute atomic E-state index is 12.1. The van der Waals surface area contributed by atoms with E-state index in [1.165, 1.54) is 11.1 Å². The second-order valence-electron chi connectivity index (χ2n) is 6.02. The van der Waals surface area contributed by atoms with Gasteiger partial charge in [-0.1, -0.05) is 26.0 Å². The molecule has 0 saturated heterocycles. The van der Waals surface area contributed by atoms with Crippen LogP contribution in [0.25, 0.3) is 11.0 Å². The van der Waals surface area contributed by atoms with Crippen molar-refractivity contribution < 1.29 is 0 Å². The fraction of sp³-hybridized carbons (Fsp3) is 0.353. The van der Waals surface area contributed by atoms with Crippen molar-refractivity contribution in [1.82, 2.24) is 19.7 Å². The van der Waals surface area contributed by atoms with Crippen LogP contribution in [-0.2, 0) is 7.05 Å². The second kappa shape index (κ2) is 6.68. The second-order valence-corrected chi connectivity index (χ2v) is 7.67. The van der Waals surface area contributed by atoms with Gasteiger partial charge in [-0.25, -0.2) is 0 Å². The van der Waals surface area contributed by atoms with Gasteiger partial charge in [-0.2, -0.15) is 10.1 Å². The summed E-state index contributed by atoms with van der Waals surface area (Å²) in [5.74, 6) is 0.448. The molecule has 0 spiro atoms. The molecule has 24 heavy (non-hydrogen) atoms. The Hall–Kier alpha value is -2.28. The molecule has 0 aliphatic rings. The Morgan fingerprint density at radius 3 is 2.58 bits per heavy atom. The Labute approximate surface area is 144 Å². The van der Waals surface area contributed by atoms with Gasteiger partial charge < -0.3 is 5.32 Å². The predicted octanol–water partition coefficient (Wildman–Crippen LogP) is 3.33. The Morgan fingerprint density at radius 1 is 1.21 bits per heavy atom. The van der Waals surface area contributed by atoms with Gasteiger partial charge >= 0.3 is 0 Å².